The van der Waals surface area contributed by atoms with E-state index in [1.165, 1.54) is 30.7 Å². The van der Waals surface area contributed by atoms with Crippen molar-refractivity contribution in [2.75, 3.05) is 5.32 Å². The molecule has 0 bridgehead atoms. The molecule has 0 aliphatic heterocycles. The second-order valence-electron chi connectivity index (χ2n) is 7.48. The van der Waals surface area contributed by atoms with E-state index < -0.39 is 16.6 Å². The maximum absolute atomic E-state index is 13.1. The number of halogens is 2. The molecule has 0 aliphatic carbocycles. The Labute approximate surface area is 202 Å². The molecule has 0 atom stereocenters. The number of aromatic hydroxyl groups is 1. The third-order valence-corrected chi connectivity index (χ3v) is 5.80. The summed E-state index contributed by atoms with van der Waals surface area (Å²) in [5.41, 5.74) is 1.64. The first-order valence-corrected chi connectivity index (χ1v) is 10.6. The largest absolute Gasteiger partial charge is 0.506 e. The highest BCUT2D eigenvalue weighted by Crippen LogP contribution is 2.32. The fourth-order valence-electron chi connectivity index (χ4n) is 3.69. The number of para-hydroxylation sites is 1. The van der Waals surface area contributed by atoms with Gasteiger partial charge in [-0.3, -0.25) is 24.7 Å². The summed E-state index contributed by atoms with van der Waals surface area (Å²) in [6, 6.07) is 9.29. The van der Waals surface area contributed by atoms with Crippen LogP contribution in [0.15, 0.2) is 55.0 Å². The Balaban J connectivity index is 1.71. The Hall–Kier alpha value is -3.95. The number of Topliss-reactive ketones (excluding diaryl/α,β-unsaturated/α-hetero) is 1. The number of nitrogens with zero attached hydrogens (tertiary/aromatic N) is 3. The Bertz CT molecular complexity index is 1460. The number of rotatable bonds is 6. The van der Waals surface area contributed by atoms with Crippen LogP contribution in [0.25, 0.3) is 10.9 Å². The maximum atomic E-state index is 13.1. The lowest BCUT2D eigenvalue weighted by molar-refractivity contribution is -0.385. The van der Waals surface area contributed by atoms with E-state index in [4.69, 9.17) is 23.2 Å². The number of ketones is 1. The molecule has 0 spiro atoms. The van der Waals surface area contributed by atoms with Crippen molar-refractivity contribution in [2.24, 2.45) is 0 Å². The van der Waals surface area contributed by atoms with E-state index in [1.807, 2.05) is 0 Å². The highest BCUT2D eigenvalue weighted by atomic mass is 35.5. The van der Waals surface area contributed by atoms with Crippen LogP contribution >= 0.6 is 23.2 Å². The van der Waals surface area contributed by atoms with E-state index in [2.05, 4.69) is 10.3 Å². The van der Waals surface area contributed by atoms with Gasteiger partial charge < -0.3 is 15.0 Å². The van der Waals surface area contributed by atoms with Gasteiger partial charge in [-0.05, 0) is 24.6 Å². The fourth-order valence-corrected chi connectivity index (χ4v) is 4.15. The summed E-state index contributed by atoms with van der Waals surface area (Å²) in [7, 11) is 0. The van der Waals surface area contributed by atoms with Gasteiger partial charge in [0.25, 0.3) is 17.4 Å². The third-order valence-electron chi connectivity index (χ3n) is 5.23. The number of anilines is 1. The van der Waals surface area contributed by atoms with Gasteiger partial charge >= 0.3 is 0 Å². The minimum atomic E-state index is -0.969. The average molecular weight is 499 g/mol. The van der Waals surface area contributed by atoms with Crippen molar-refractivity contribution >= 4 is 57.2 Å². The topological polar surface area (TPSA) is 127 Å². The van der Waals surface area contributed by atoms with Crippen LogP contribution < -0.4 is 5.32 Å². The van der Waals surface area contributed by atoms with Crippen molar-refractivity contribution in [1.29, 1.82) is 0 Å². The summed E-state index contributed by atoms with van der Waals surface area (Å²) in [5.74, 6) is -1.92. The minimum Gasteiger partial charge on any atom is -0.506 e. The van der Waals surface area contributed by atoms with Gasteiger partial charge in [-0.15, -0.1) is 0 Å². The molecule has 2 N–H and O–H groups in total. The second-order valence-corrected chi connectivity index (χ2v) is 8.30. The zero-order valence-electron chi connectivity index (χ0n) is 17.6. The van der Waals surface area contributed by atoms with Gasteiger partial charge in [0, 0.05) is 42.2 Å². The van der Waals surface area contributed by atoms with Crippen molar-refractivity contribution in [3.63, 3.8) is 0 Å². The number of fused-ring (bicyclic) bond motifs is 1. The monoisotopic (exact) mass is 498 g/mol. The van der Waals surface area contributed by atoms with Crippen LogP contribution in [0.5, 0.6) is 5.75 Å². The van der Waals surface area contributed by atoms with Crippen molar-refractivity contribution < 1.29 is 19.6 Å². The molecule has 2 heterocycles. The fraction of sp³-hybridized carbons (Fsp3) is 0.0870. The summed E-state index contributed by atoms with van der Waals surface area (Å²) in [4.78, 5) is 40.2. The van der Waals surface area contributed by atoms with Crippen LogP contribution in [0, 0.1) is 17.0 Å². The van der Waals surface area contributed by atoms with E-state index in [-0.39, 0.29) is 39.3 Å². The van der Waals surface area contributed by atoms with Crippen LogP contribution in [0.3, 0.4) is 0 Å². The Morgan fingerprint density at radius 3 is 2.53 bits per heavy atom. The van der Waals surface area contributed by atoms with Gasteiger partial charge in [0.2, 0.25) is 0 Å². The Kier molecular flexibility index (Phi) is 6.23. The molecule has 4 rings (SSSR count). The number of aryl methyl sites for hydroxylation is 1. The zero-order chi connectivity index (χ0) is 24.6. The molecule has 11 heteroatoms. The number of hydrogen-bond donors (Lipinski definition) is 2. The van der Waals surface area contributed by atoms with Crippen LogP contribution in [-0.4, -0.2) is 31.3 Å². The lowest BCUT2D eigenvalue weighted by atomic mass is 10.1. The number of aromatic nitrogens is 2. The SMILES string of the molecule is Cc1cc(Cn2cc(C(=O)C(=O)Nc3c(Cl)cncc3Cl)c3cccc(O)c32)ccc1[N+](=O)[O-]. The van der Waals surface area contributed by atoms with E-state index in [9.17, 15) is 24.8 Å². The van der Waals surface area contributed by atoms with Crippen LogP contribution in [0.4, 0.5) is 11.4 Å². The number of hydrogen-bond acceptors (Lipinski definition) is 6. The highest BCUT2D eigenvalue weighted by molar-refractivity contribution is 6.50. The van der Waals surface area contributed by atoms with E-state index in [1.54, 1.807) is 35.8 Å². The molecule has 9 nitrogen and oxygen atoms in total. The number of phenolic OH excluding ortho intramolecular Hbond substituents is 1. The molecule has 1 amide bonds. The highest BCUT2D eigenvalue weighted by Gasteiger charge is 2.24. The molecule has 0 saturated carbocycles. The normalized spacial score (nSPS) is 10.9. The first-order chi connectivity index (χ1) is 16.2. The Morgan fingerprint density at radius 1 is 1.18 bits per heavy atom. The molecule has 4 aromatic rings. The van der Waals surface area contributed by atoms with Crippen LogP contribution in [-0.2, 0) is 11.3 Å². The summed E-state index contributed by atoms with van der Waals surface area (Å²) in [5, 5.41) is 24.5. The third kappa shape index (κ3) is 4.30. The summed E-state index contributed by atoms with van der Waals surface area (Å²) in [6.45, 7) is 1.82. The zero-order valence-corrected chi connectivity index (χ0v) is 19.1. The standard InChI is InChI=1S/C23H16Cl2N4O5/c1-12-7-13(5-6-18(12)29(33)34)10-28-11-15(14-3-2-4-19(30)21(14)28)22(31)23(32)27-20-16(24)8-26-9-17(20)25/h2-9,11,30H,10H2,1H3,(H,26,27,32). The smallest absolute Gasteiger partial charge is 0.296 e. The molecule has 2 aromatic heterocycles. The molecule has 0 unspecified atom stereocenters. The lowest BCUT2D eigenvalue weighted by Crippen LogP contribution is -2.23. The van der Waals surface area contributed by atoms with Gasteiger partial charge in [-0.25, -0.2) is 0 Å². The van der Waals surface area contributed by atoms with Crippen molar-refractivity contribution in [1.82, 2.24) is 9.55 Å². The number of carbonyl (C=O) groups is 2. The number of amides is 1. The predicted octanol–water partition coefficient (Wildman–Crippen LogP) is 5.14. The van der Waals surface area contributed by atoms with E-state index in [0.717, 1.165) is 0 Å². The van der Waals surface area contributed by atoms with E-state index in [0.29, 0.717) is 22.0 Å². The Morgan fingerprint density at radius 2 is 1.88 bits per heavy atom. The average Bonchev–Trinajstić information content (AvgIpc) is 3.15. The van der Waals surface area contributed by atoms with Gasteiger partial charge in [0.15, 0.2) is 0 Å². The van der Waals surface area contributed by atoms with Crippen LogP contribution in [0.1, 0.15) is 21.5 Å². The minimum absolute atomic E-state index is 0.00932. The summed E-state index contributed by atoms with van der Waals surface area (Å²) < 4.78 is 1.61. The number of nitro groups is 1. The van der Waals surface area contributed by atoms with Gasteiger partial charge in [-0.1, -0.05) is 41.4 Å². The molecule has 0 fully saturated rings. The molecule has 0 aliphatic rings. The van der Waals surface area contributed by atoms with Crippen molar-refractivity contribution in [2.45, 2.75) is 13.5 Å². The number of carbonyl (C=O) groups excluding carboxylic acids is 2. The molecule has 2 aromatic carbocycles. The lowest BCUT2D eigenvalue weighted by Gasteiger charge is -2.08. The van der Waals surface area contributed by atoms with Crippen LogP contribution in [0.2, 0.25) is 10.0 Å². The number of nitrogens with one attached hydrogen (secondary N) is 1. The number of benzene rings is 2. The molecule has 0 radical (unpaired) electrons. The van der Waals surface area contributed by atoms with E-state index >= 15 is 0 Å². The summed E-state index contributed by atoms with van der Waals surface area (Å²) in [6.07, 6.45) is 4.02. The summed E-state index contributed by atoms with van der Waals surface area (Å²) >= 11 is 12.1. The van der Waals surface area contributed by atoms with Gasteiger partial charge in [-0.2, -0.15) is 0 Å². The first kappa shape index (κ1) is 23.2. The maximum Gasteiger partial charge on any atom is 0.296 e. The quantitative estimate of drug-likeness (QED) is 0.164. The molecular weight excluding hydrogens is 483 g/mol. The van der Waals surface area contributed by atoms with Gasteiger partial charge in [0.1, 0.15) is 5.75 Å². The molecule has 172 valence electrons. The second kappa shape index (κ2) is 9.12. The van der Waals surface area contributed by atoms with Crippen molar-refractivity contribution in [3.05, 3.63) is 91.8 Å². The van der Waals surface area contributed by atoms with Crippen molar-refractivity contribution in [3.8, 4) is 5.75 Å². The van der Waals surface area contributed by atoms with Gasteiger partial charge in [0.05, 0.1) is 31.7 Å². The molecule has 0 saturated heterocycles. The first-order valence-electron chi connectivity index (χ1n) is 9.86. The number of phenols is 1. The number of pyridine rings is 1. The molecule has 34 heavy (non-hydrogen) atoms. The molecular formula is C23H16Cl2N4O5. The number of nitro benzene ring substituents is 1. The predicted molar refractivity (Wildman–Crippen MR) is 128 cm³/mol.